The van der Waals surface area contributed by atoms with Crippen molar-refractivity contribution in [2.45, 2.75) is 22.9 Å². The molecule has 2 aromatic rings. The van der Waals surface area contributed by atoms with Crippen molar-refractivity contribution in [3.63, 3.8) is 0 Å². The van der Waals surface area contributed by atoms with E-state index in [1.54, 1.807) is 0 Å². The molecule has 0 bridgehead atoms. The van der Waals surface area contributed by atoms with Crippen LogP contribution in [-0.2, 0) is 13.1 Å². The zero-order valence-corrected chi connectivity index (χ0v) is 17.0. The Labute approximate surface area is 167 Å². The number of thiol groups is 2. The highest BCUT2D eigenvalue weighted by Crippen LogP contribution is 2.12. The van der Waals surface area contributed by atoms with Crippen molar-refractivity contribution in [3.05, 3.63) is 48.0 Å². The van der Waals surface area contributed by atoms with Crippen molar-refractivity contribution < 1.29 is 0 Å². The largest absolute Gasteiger partial charge is 0.304 e. The molecule has 1 saturated heterocycles. The number of hydrogen-bond donors (Lipinski definition) is 2. The average molecular weight is 390 g/mol. The monoisotopic (exact) mass is 389 g/mol. The van der Waals surface area contributed by atoms with Crippen molar-refractivity contribution in [3.8, 4) is 0 Å². The van der Waals surface area contributed by atoms with Gasteiger partial charge >= 0.3 is 0 Å². The Hall–Kier alpha value is -1.12. The summed E-state index contributed by atoms with van der Waals surface area (Å²) >= 11 is 8.86. The minimum atomic E-state index is 0.862. The zero-order chi connectivity index (χ0) is 18.4. The van der Waals surface area contributed by atoms with Gasteiger partial charge in [-0.1, -0.05) is 0 Å². The van der Waals surface area contributed by atoms with Gasteiger partial charge in [-0.3, -0.25) is 19.8 Å². The van der Waals surface area contributed by atoms with E-state index in [1.807, 2.05) is 24.5 Å². The van der Waals surface area contributed by atoms with Crippen LogP contribution in [0.2, 0.25) is 0 Å². The standard InChI is InChI=1S/C19H27N5S2/c1-22-6-8-23(14-16-12-18(25)2-4-20-16)10-11-24(9-7-22)15-17-13-19(26)3-5-21-17/h2-5,12-13H,6-11,14-15H2,1H3,(H,20,25)(H,21,26). The van der Waals surface area contributed by atoms with Gasteiger partial charge in [-0.05, 0) is 31.3 Å². The van der Waals surface area contributed by atoms with Crippen molar-refractivity contribution in [2.24, 2.45) is 0 Å². The molecule has 140 valence electrons. The van der Waals surface area contributed by atoms with E-state index in [-0.39, 0.29) is 0 Å². The topological polar surface area (TPSA) is 35.5 Å². The van der Waals surface area contributed by atoms with Crippen LogP contribution in [0.25, 0.3) is 0 Å². The molecule has 1 aliphatic rings. The SMILES string of the molecule is CN1CCN(Cc2cc(S)ccn2)CCN(Cc2cc(S)ccn2)CC1. The summed E-state index contributed by atoms with van der Waals surface area (Å²) in [6.45, 7) is 8.00. The fourth-order valence-electron chi connectivity index (χ4n) is 3.12. The smallest absolute Gasteiger partial charge is 0.0555 e. The van der Waals surface area contributed by atoms with Gasteiger partial charge in [-0.15, -0.1) is 25.3 Å². The van der Waals surface area contributed by atoms with E-state index in [2.05, 4.69) is 69.1 Å². The van der Waals surface area contributed by atoms with Gasteiger partial charge in [-0.2, -0.15) is 0 Å². The van der Waals surface area contributed by atoms with Gasteiger partial charge < -0.3 is 4.90 Å². The second-order valence-corrected chi connectivity index (χ2v) is 7.90. The lowest BCUT2D eigenvalue weighted by molar-refractivity contribution is 0.206. The predicted octanol–water partition coefficient (Wildman–Crippen LogP) is 2.30. The van der Waals surface area contributed by atoms with E-state index < -0.39 is 0 Å². The molecule has 0 saturated carbocycles. The van der Waals surface area contributed by atoms with Gasteiger partial charge in [0, 0.05) is 74.5 Å². The summed E-state index contributed by atoms with van der Waals surface area (Å²) in [4.78, 5) is 18.3. The number of rotatable bonds is 4. The minimum absolute atomic E-state index is 0.862. The van der Waals surface area contributed by atoms with E-state index in [1.165, 1.54) is 0 Å². The Morgan fingerprint density at radius 3 is 1.62 bits per heavy atom. The maximum absolute atomic E-state index is 4.49. The number of nitrogens with zero attached hydrogens (tertiary/aromatic N) is 5. The molecule has 0 N–H and O–H groups in total. The van der Waals surface area contributed by atoms with E-state index in [4.69, 9.17) is 0 Å². The van der Waals surface area contributed by atoms with E-state index in [0.717, 1.165) is 73.5 Å². The lowest BCUT2D eigenvalue weighted by Gasteiger charge is -2.25. The van der Waals surface area contributed by atoms with Crippen molar-refractivity contribution >= 4 is 25.3 Å². The fourth-order valence-corrected chi connectivity index (χ4v) is 3.55. The molecule has 3 heterocycles. The highest BCUT2D eigenvalue weighted by Gasteiger charge is 2.16. The number of hydrogen-bond acceptors (Lipinski definition) is 7. The van der Waals surface area contributed by atoms with Gasteiger partial charge in [0.25, 0.3) is 0 Å². The van der Waals surface area contributed by atoms with Crippen LogP contribution in [0.4, 0.5) is 0 Å². The minimum Gasteiger partial charge on any atom is -0.304 e. The normalized spacial score (nSPS) is 18.3. The summed E-state index contributed by atoms with van der Waals surface area (Å²) in [6, 6.07) is 7.95. The van der Waals surface area contributed by atoms with Gasteiger partial charge in [-0.25, -0.2) is 0 Å². The molecule has 1 fully saturated rings. The Morgan fingerprint density at radius 2 is 1.19 bits per heavy atom. The first-order valence-corrected chi connectivity index (χ1v) is 9.89. The number of pyridine rings is 2. The molecule has 0 unspecified atom stereocenters. The molecule has 0 amide bonds. The lowest BCUT2D eigenvalue weighted by atomic mass is 10.3. The summed E-state index contributed by atoms with van der Waals surface area (Å²) in [7, 11) is 2.20. The highest BCUT2D eigenvalue weighted by atomic mass is 32.1. The zero-order valence-electron chi connectivity index (χ0n) is 15.3. The third-order valence-electron chi connectivity index (χ3n) is 4.70. The van der Waals surface area contributed by atoms with E-state index in [9.17, 15) is 0 Å². The van der Waals surface area contributed by atoms with Gasteiger partial charge in [0.2, 0.25) is 0 Å². The molecular weight excluding hydrogens is 362 g/mol. The van der Waals surface area contributed by atoms with Crippen LogP contribution in [0.3, 0.4) is 0 Å². The molecular formula is C19H27N5S2. The molecule has 0 spiro atoms. The van der Waals surface area contributed by atoms with Crippen LogP contribution in [0, 0.1) is 0 Å². The maximum Gasteiger partial charge on any atom is 0.0555 e. The molecule has 1 aliphatic heterocycles. The molecule has 26 heavy (non-hydrogen) atoms. The third kappa shape index (κ3) is 6.25. The molecule has 5 nitrogen and oxygen atoms in total. The predicted molar refractivity (Wildman–Crippen MR) is 111 cm³/mol. The van der Waals surface area contributed by atoms with Gasteiger partial charge in [0.15, 0.2) is 0 Å². The first-order valence-electron chi connectivity index (χ1n) is 8.99. The maximum atomic E-state index is 4.49. The second-order valence-electron chi connectivity index (χ2n) is 6.87. The second kappa shape index (κ2) is 9.71. The third-order valence-corrected chi connectivity index (χ3v) is 5.26. The van der Waals surface area contributed by atoms with Crippen molar-refractivity contribution in [1.82, 2.24) is 24.7 Å². The fraction of sp³-hybridized carbons (Fsp3) is 0.474. The quantitative estimate of drug-likeness (QED) is 0.785. The van der Waals surface area contributed by atoms with Crippen molar-refractivity contribution in [2.75, 3.05) is 46.3 Å². The molecule has 0 aromatic carbocycles. The van der Waals surface area contributed by atoms with Gasteiger partial charge in [0.05, 0.1) is 11.4 Å². The summed E-state index contributed by atoms with van der Waals surface area (Å²) in [5.74, 6) is 0. The van der Waals surface area contributed by atoms with Crippen LogP contribution in [0.15, 0.2) is 46.5 Å². The first-order chi connectivity index (χ1) is 12.6. The molecule has 0 radical (unpaired) electrons. The number of aromatic nitrogens is 2. The Morgan fingerprint density at radius 1 is 0.769 bits per heavy atom. The first kappa shape index (κ1) is 19.6. The van der Waals surface area contributed by atoms with Crippen LogP contribution in [0.5, 0.6) is 0 Å². The molecule has 2 aromatic heterocycles. The van der Waals surface area contributed by atoms with E-state index in [0.29, 0.717) is 0 Å². The van der Waals surface area contributed by atoms with Crippen LogP contribution in [-0.4, -0.2) is 71.0 Å². The van der Waals surface area contributed by atoms with Gasteiger partial charge in [0.1, 0.15) is 0 Å². The molecule has 0 atom stereocenters. The molecule has 0 aliphatic carbocycles. The van der Waals surface area contributed by atoms with Crippen molar-refractivity contribution in [1.29, 1.82) is 0 Å². The summed E-state index contributed by atoms with van der Waals surface area (Å²) in [5.41, 5.74) is 2.16. The van der Waals surface area contributed by atoms with Crippen LogP contribution >= 0.6 is 25.3 Å². The summed E-state index contributed by atoms with van der Waals surface area (Å²) in [6.07, 6.45) is 3.67. The average Bonchev–Trinajstić information content (AvgIpc) is 2.68. The molecule has 3 rings (SSSR count). The van der Waals surface area contributed by atoms with E-state index >= 15 is 0 Å². The molecule has 7 heteroatoms. The Bertz CT molecular complexity index is 652. The van der Waals surface area contributed by atoms with Crippen LogP contribution in [0.1, 0.15) is 11.4 Å². The van der Waals surface area contributed by atoms with Crippen LogP contribution < -0.4 is 0 Å². The Balaban J connectivity index is 1.64. The lowest BCUT2D eigenvalue weighted by Crippen LogP contribution is -2.35. The number of likely N-dealkylation sites (N-methyl/N-ethyl adjacent to an activating group) is 1. The summed E-state index contributed by atoms with van der Waals surface area (Å²) in [5, 5.41) is 0. The Kier molecular flexibility index (Phi) is 7.33. The highest BCUT2D eigenvalue weighted by molar-refractivity contribution is 7.80. The summed E-state index contributed by atoms with van der Waals surface area (Å²) < 4.78 is 0.